The second kappa shape index (κ2) is 6.39. The Morgan fingerprint density at radius 2 is 2.17 bits per heavy atom. The molecule has 23 heavy (non-hydrogen) atoms. The molecular formula is C17H16N2O4. The molecular weight excluding hydrogens is 296 g/mol. The summed E-state index contributed by atoms with van der Waals surface area (Å²) in [6, 6.07) is 11.3. The van der Waals surface area contributed by atoms with Crippen molar-refractivity contribution in [1.29, 1.82) is 0 Å². The summed E-state index contributed by atoms with van der Waals surface area (Å²) < 4.78 is 11.2. The molecule has 2 aromatic rings. The van der Waals surface area contributed by atoms with Gasteiger partial charge in [0.2, 0.25) is 0 Å². The molecule has 1 aliphatic heterocycles. The Kier molecular flexibility index (Phi) is 4.14. The maximum Gasteiger partial charge on any atom is 0.358 e. The van der Waals surface area contributed by atoms with Crippen molar-refractivity contribution in [2.45, 2.75) is 20.1 Å². The monoisotopic (exact) mass is 312 g/mol. The normalized spacial score (nSPS) is 14.2. The van der Waals surface area contributed by atoms with Crippen LogP contribution >= 0.6 is 0 Å². The average molecular weight is 312 g/mol. The van der Waals surface area contributed by atoms with E-state index in [-0.39, 0.29) is 18.1 Å². The number of furan rings is 1. The second-order valence-corrected chi connectivity index (χ2v) is 4.96. The lowest BCUT2D eigenvalue weighted by Crippen LogP contribution is -2.28. The van der Waals surface area contributed by atoms with Crippen molar-refractivity contribution in [2.24, 2.45) is 5.10 Å². The van der Waals surface area contributed by atoms with Crippen molar-refractivity contribution in [1.82, 2.24) is 5.01 Å². The van der Waals surface area contributed by atoms with E-state index >= 15 is 0 Å². The van der Waals surface area contributed by atoms with Crippen molar-refractivity contribution >= 4 is 17.9 Å². The van der Waals surface area contributed by atoms with Gasteiger partial charge in [0.25, 0.3) is 0 Å². The van der Waals surface area contributed by atoms with Crippen LogP contribution in [-0.4, -0.2) is 22.3 Å². The van der Waals surface area contributed by atoms with Crippen LogP contribution in [-0.2, 0) is 22.7 Å². The Hall–Kier alpha value is -3.02. The fourth-order valence-corrected chi connectivity index (χ4v) is 2.43. The van der Waals surface area contributed by atoms with Gasteiger partial charge in [0.15, 0.2) is 17.2 Å². The fraction of sp³-hybridized carbons (Fsp3) is 0.176. The molecule has 0 aliphatic carbocycles. The third kappa shape index (κ3) is 2.96. The first-order chi connectivity index (χ1) is 11.2. The largest absolute Gasteiger partial charge is 0.483 e. The van der Waals surface area contributed by atoms with Crippen LogP contribution in [0.5, 0.6) is 0 Å². The SMILES string of the molecule is C/C=N\N1Cc2ccoc2C(OCc2ccccc2)=C1C(=O)O. The van der Waals surface area contributed by atoms with Crippen molar-refractivity contribution in [2.75, 3.05) is 0 Å². The van der Waals surface area contributed by atoms with Crippen molar-refractivity contribution < 1.29 is 19.1 Å². The zero-order chi connectivity index (χ0) is 16.2. The minimum atomic E-state index is -1.11. The molecule has 6 nitrogen and oxygen atoms in total. The summed E-state index contributed by atoms with van der Waals surface area (Å²) in [5.41, 5.74) is 1.75. The van der Waals surface area contributed by atoms with Gasteiger partial charge < -0.3 is 14.3 Å². The lowest BCUT2D eigenvalue weighted by atomic mass is 10.1. The molecule has 0 fully saturated rings. The van der Waals surface area contributed by atoms with Gasteiger partial charge in [-0.25, -0.2) is 4.79 Å². The first-order valence-corrected chi connectivity index (χ1v) is 7.18. The van der Waals surface area contributed by atoms with Gasteiger partial charge in [-0.15, -0.1) is 0 Å². The molecule has 6 heteroatoms. The highest BCUT2D eigenvalue weighted by Crippen LogP contribution is 2.34. The quantitative estimate of drug-likeness (QED) is 0.859. The van der Waals surface area contributed by atoms with Crippen molar-refractivity contribution in [3.63, 3.8) is 0 Å². The van der Waals surface area contributed by atoms with Crippen LogP contribution in [0, 0.1) is 0 Å². The smallest absolute Gasteiger partial charge is 0.358 e. The molecule has 0 unspecified atom stereocenters. The number of hydrazone groups is 1. The van der Waals surface area contributed by atoms with Crippen molar-refractivity contribution in [3.05, 3.63) is 65.2 Å². The van der Waals surface area contributed by atoms with Crippen LogP contribution in [0.3, 0.4) is 0 Å². The van der Waals surface area contributed by atoms with Gasteiger partial charge in [-0.2, -0.15) is 5.10 Å². The highest BCUT2D eigenvalue weighted by molar-refractivity contribution is 5.94. The third-order valence-corrected chi connectivity index (χ3v) is 3.43. The van der Waals surface area contributed by atoms with Crippen LogP contribution in [0.25, 0.3) is 5.76 Å². The third-order valence-electron chi connectivity index (χ3n) is 3.43. The molecule has 3 rings (SSSR count). The summed E-state index contributed by atoms with van der Waals surface area (Å²) in [6.45, 7) is 2.31. The number of hydrogen-bond acceptors (Lipinski definition) is 5. The number of ether oxygens (including phenoxy) is 1. The number of rotatable bonds is 5. The second-order valence-electron chi connectivity index (χ2n) is 4.96. The molecule has 0 radical (unpaired) electrons. The fourth-order valence-electron chi connectivity index (χ4n) is 2.43. The summed E-state index contributed by atoms with van der Waals surface area (Å²) in [4.78, 5) is 11.7. The molecule has 118 valence electrons. The standard InChI is InChI=1S/C17H16N2O4/c1-2-18-19-10-13-8-9-22-15(13)16(14(19)17(20)21)23-11-12-6-4-3-5-7-12/h2-9H,10-11H2,1H3,(H,20,21)/b18-2-. The Bertz CT molecular complexity index is 762. The highest BCUT2D eigenvalue weighted by atomic mass is 16.5. The molecule has 0 saturated carbocycles. The highest BCUT2D eigenvalue weighted by Gasteiger charge is 2.33. The topological polar surface area (TPSA) is 75.3 Å². The summed E-state index contributed by atoms with van der Waals surface area (Å²) in [6.07, 6.45) is 3.07. The van der Waals surface area contributed by atoms with Crippen LogP contribution in [0.15, 0.2) is 57.9 Å². The molecule has 1 aromatic carbocycles. The number of benzene rings is 1. The van der Waals surface area contributed by atoms with E-state index in [1.165, 1.54) is 11.3 Å². The summed E-state index contributed by atoms with van der Waals surface area (Å²) in [5.74, 6) is -0.472. The van der Waals surface area contributed by atoms with Gasteiger partial charge in [-0.1, -0.05) is 30.3 Å². The molecule has 0 spiro atoms. The van der Waals surface area contributed by atoms with Gasteiger partial charge in [0.05, 0.1) is 12.8 Å². The van der Waals surface area contributed by atoms with Crippen LogP contribution in [0.1, 0.15) is 23.8 Å². The number of hydrogen-bond donors (Lipinski definition) is 1. The van der Waals surface area contributed by atoms with Gasteiger partial charge in [-0.05, 0) is 18.6 Å². The molecule has 0 bridgehead atoms. The van der Waals surface area contributed by atoms with E-state index in [2.05, 4.69) is 5.10 Å². The zero-order valence-corrected chi connectivity index (χ0v) is 12.6. The maximum absolute atomic E-state index is 11.7. The van der Waals surface area contributed by atoms with E-state index in [0.29, 0.717) is 12.3 Å². The number of carbonyl (C=O) groups is 1. The molecule has 1 N–H and O–H groups in total. The average Bonchev–Trinajstić information content (AvgIpc) is 3.01. The number of carboxylic acid groups (broad SMARTS) is 1. The van der Waals surface area contributed by atoms with Gasteiger partial charge in [-0.3, -0.25) is 5.01 Å². The number of aliphatic carboxylic acids is 1. The molecule has 0 saturated heterocycles. The van der Waals surface area contributed by atoms with E-state index in [4.69, 9.17) is 9.15 Å². The molecule has 0 amide bonds. The number of carboxylic acids is 1. The summed E-state index contributed by atoms with van der Waals surface area (Å²) in [7, 11) is 0. The maximum atomic E-state index is 11.7. The molecule has 1 aromatic heterocycles. The summed E-state index contributed by atoms with van der Waals surface area (Å²) >= 11 is 0. The van der Waals surface area contributed by atoms with Gasteiger partial charge in [0, 0.05) is 11.8 Å². The van der Waals surface area contributed by atoms with E-state index in [0.717, 1.165) is 11.1 Å². The minimum absolute atomic E-state index is 0.0264. The Morgan fingerprint density at radius 3 is 2.87 bits per heavy atom. The molecule has 0 atom stereocenters. The van der Waals surface area contributed by atoms with Crippen LogP contribution in [0.4, 0.5) is 0 Å². The van der Waals surface area contributed by atoms with Gasteiger partial charge >= 0.3 is 5.97 Å². The van der Waals surface area contributed by atoms with Crippen LogP contribution in [0.2, 0.25) is 0 Å². The minimum Gasteiger partial charge on any atom is -0.483 e. The first kappa shape index (κ1) is 14.9. The number of nitrogens with zero attached hydrogens (tertiary/aromatic N) is 2. The van der Waals surface area contributed by atoms with E-state index in [9.17, 15) is 9.90 Å². The first-order valence-electron chi connectivity index (χ1n) is 7.18. The lowest BCUT2D eigenvalue weighted by molar-refractivity contribution is -0.134. The Balaban J connectivity index is 1.99. The van der Waals surface area contributed by atoms with Gasteiger partial charge in [0.1, 0.15) is 6.61 Å². The Labute approximate surface area is 133 Å². The summed E-state index contributed by atoms with van der Waals surface area (Å²) in [5, 5.41) is 15.1. The Morgan fingerprint density at radius 1 is 1.39 bits per heavy atom. The van der Waals surface area contributed by atoms with Crippen LogP contribution < -0.4 is 0 Å². The molecule has 2 heterocycles. The van der Waals surface area contributed by atoms with Crippen molar-refractivity contribution in [3.8, 4) is 0 Å². The van der Waals surface area contributed by atoms with E-state index < -0.39 is 5.97 Å². The predicted octanol–water partition coefficient (Wildman–Crippen LogP) is 3.07. The number of fused-ring (bicyclic) bond motifs is 1. The van der Waals surface area contributed by atoms with E-state index in [1.807, 2.05) is 30.3 Å². The molecule has 1 aliphatic rings. The van der Waals surface area contributed by atoms with E-state index in [1.54, 1.807) is 19.2 Å². The zero-order valence-electron chi connectivity index (χ0n) is 12.6. The predicted molar refractivity (Wildman–Crippen MR) is 84.2 cm³/mol. The lowest BCUT2D eigenvalue weighted by Gasteiger charge is -2.26.